The Balaban J connectivity index is 1.78. The van der Waals surface area contributed by atoms with Crippen LogP contribution in [0.4, 0.5) is 11.5 Å². The molecule has 152 valence electrons. The number of benzene rings is 1. The van der Waals surface area contributed by atoms with Crippen LogP contribution in [0.5, 0.6) is 0 Å². The predicted octanol–water partition coefficient (Wildman–Crippen LogP) is 2.49. The van der Waals surface area contributed by atoms with E-state index >= 15 is 0 Å². The van der Waals surface area contributed by atoms with E-state index < -0.39 is 23.2 Å². The molecule has 0 unspecified atom stereocenters. The number of amides is 2. The largest absolute Gasteiger partial charge is 0.452 e. The van der Waals surface area contributed by atoms with Gasteiger partial charge >= 0.3 is 5.97 Å². The zero-order valence-electron chi connectivity index (χ0n) is 16.1. The molecule has 0 fully saturated rings. The molecule has 0 aliphatic heterocycles. The highest BCUT2D eigenvalue weighted by Crippen LogP contribution is 2.16. The Morgan fingerprint density at radius 3 is 2.62 bits per heavy atom. The van der Waals surface area contributed by atoms with E-state index in [0.717, 1.165) is 11.8 Å². The van der Waals surface area contributed by atoms with Gasteiger partial charge in [0.2, 0.25) is 5.91 Å². The Labute approximate surface area is 171 Å². The molecule has 0 aliphatic rings. The lowest BCUT2D eigenvalue weighted by Crippen LogP contribution is -2.31. The topological polar surface area (TPSA) is 134 Å². The van der Waals surface area contributed by atoms with Gasteiger partial charge in [0.05, 0.1) is 22.3 Å². The van der Waals surface area contributed by atoms with Gasteiger partial charge in [0, 0.05) is 6.07 Å². The molecule has 0 saturated carbocycles. The molecule has 10 heteroatoms. The molecule has 0 saturated heterocycles. The van der Waals surface area contributed by atoms with Crippen molar-refractivity contribution in [2.45, 2.75) is 32.1 Å². The molecule has 1 aromatic heterocycles. The summed E-state index contributed by atoms with van der Waals surface area (Å²) in [6.07, 6.45) is -1.06. The number of nitrogens with one attached hydrogen (secondary N) is 2. The van der Waals surface area contributed by atoms with Crippen LogP contribution in [0.3, 0.4) is 0 Å². The number of hydrogen-bond donors (Lipinski definition) is 2. The van der Waals surface area contributed by atoms with Gasteiger partial charge < -0.3 is 19.9 Å². The van der Waals surface area contributed by atoms with Gasteiger partial charge in [-0.3, -0.25) is 14.4 Å². The highest BCUT2D eigenvalue weighted by molar-refractivity contribution is 8.01. The number of nitrogens with zero attached hydrogens (tertiary/aromatic N) is 2. The van der Waals surface area contributed by atoms with E-state index in [-0.39, 0.29) is 11.7 Å². The first-order chi connectivity index (χ1) is 13.8. The van der Waals surface area contributed by atoms with Crippen molar-refractivity contribution in [1.82, 2.24) is 5.16 Å². The molecule has 0 spiro atoms. The summed E-state index contributed by atoms with van der Waals surface area (Å²) in [5.41, 5.74) is 0.641. The van der Waals surface area contributed by atoms with Gasteiger partial charge in [0.15, 0.2) is 11.9 Å². The maximum atomic E-state index is 12.2. The summed E-state index contributed by atoms with van der Waals surface area (Å²) in [5.74, 6) is -0.783. The number of hydrogen-bond acceptors (Lipinski definition) is 8. The van der Waals surface area contributed by atoms with E-state index in [2.05, 4.69) is 15.8 Å². The Hall–Kier alpha value is -3.32. The van der Waals surface area contributed by atoms with Crippen molar-refractivity contribution in [2.75, 3.05) is 16.4 Å². The van der Waals surface area contributed by atoms with E-state index in [9.17, 15) is 14.4 Å². The molecule has 1 aromatic carbocycles. The highest BCUT2D eigenvalue weighted by atomic mass is 32.2. The first-order valence-corrected chi connectivity index (χ1v) is 9.70. The second kappa shape index (κ2) is 10.3. The molecule has 1 heterocycles. The molecule has 2 aromatic rings. The van der Waals surface area contributed by atoms with Crippen molar-refractivity contribution in [3.05, 3.63) is 41.7 Å². The normalized spacial score (nSPS) is 12.3. The van der Waals surface area contributed by atoms with Crippen LogP contribution in [-0.4, -0.2) is 40.0 Å². The Kier molecular flexibility index (Phi) is 7.79. The minimum absolute atomic E-state index is 0.112. The number of carbonyl (C=O) groups is 3. The Morgan fingerprint density at radius 2 is 1.97 bits per heavy atom. The fourth-order valence-corrected chi connectivity index (χ4v) is 2.80. The van der Waals surface area contributed by atoms with E-state index in [1.165, 1.54) is 6.92 Å². The van der Waals surface area contributed by atoms with Crippen LogP contribution in [0.15, 0.2) is 34.9 Å². The minimum atomic E-state index is -1.06. The fraction of sp³-hybridized carbons (Fsp3) is 0.316. The summed E-state index contributed by atoms with van der Waals surface area (Å²) in [7, 11) is 0. The van der Waals surface area contributed by atoms with E-state index in [0.29, 0.717) is 22.8 Å². The summed E-state index contributed by atoms with van der Waals surface area (Å²) in [5, 5.41) is 17.3. The third-order valence-electron chi connectivity index (χ3n) is 3.68. The first kappa shape index (κ1) is 22.0. The minimum Gasteiger partial charge on any atom is -0.452 e. The van der Waals surface area contributed by atoms with Gasteiger partial charge in [-0.05, 0) is 32.9 Å². The van der Waals surface area contributed by atoms with Crippen LogP contribution in [0.2, 0.25) is 0 Å². The third-order valence-corrected chi connectivity index (χ3v) is 4.80. The zero-order chi connectivity index (χ0) is 21.4. The number of para-hydroxylation sites is 1. The Morgan fingerprint density at radius 1 is 1.24 bits per heavy atom. The lowest BCUT2D eigenvalue weighted by Gasteiger charge is -2.15. The number of esters is 1. The maximum absolute atomic E-state index is 12.2. The standard InChI is InChI=1S/C19H20N4O5S/c1-11-8-16(23-28-11)22-19(26)13(3)29-10-17(24)27-12(2)18(25)21-15-7-5-4-6-14(15)9-20/h4-8,12-13H,10H2,1-3H3,(H,21,25)(H,22,23,26)/t12-,13+/m0/s1. The van der Waals surface area contributed by atoms with Crippen LogP contribution in [0.1, 0.15) is 25.2 Å². The van der Waals surface area contributed by atoms with Crippen molar-refractivity contribution < 1.29 is 23.6 Å². The van der Waals surface area contributed by atoms with E-state index in [1.54, 1.807) is 44.2 Å². The van der Waals surface area contributed by atoms with Crippen molar-refractivity contribution in [2.24, 2.45) is 0 Å². The average Bonchev–Trinajstić information content (AvgIpc) is 3.10. The summed E-state index contributed by atoms with van der Waals surface area (Å²) < 4.78 is 9.96. The fourth-order valence-electron chi connectivity index (χ4n) is 2.13. The van der Waals surface area contributed by atoms with Crippen molar-refractivity contribution in [3.8, 4) is 6.07 Å². The number of anilines is 2. The van der Waals surface area contributed by atoms with Gasteiger partial charge in [0.25, 0.3) is 5.91 Å². The van der Waals surface area contributed by atoms with Crippen LogP contribution in [0, 0.1) is 18.3 Å². The molecule has 0 bridgehead atoms. The number of ether oxygens (including phenoxy) is 1. The second-order valence-corrected chi connectivity index (χ2v) is 7.37. The Bertz CT molecular complexity index is 937. The molecule has 9 nitrogen and oxygen atoms in total. The maximum Gasteiger partial charge on any atom is 0.316 e. The lowest BCUT2D eigenvalue weighted by atomic mass is 10.2. The van der Waals surface area contributed by atoms with Gasteiger partial charge in [0.1, 0.15) is 11.8 Å². The number of carbonyl (C=O) groups excluding carboxylic acids is 3. The van der Waals surface area contributed by atoms with Gasteiger partial charge in [-0.2, -0.15) is 5.26 Å². The van der Waals surface area contributed by atoms with Gasteiger partial charge in [-0.15, -0.1) is 11.8 Å². The molecular weight excluding hydrogens is 396 g/mol. The van der Waals surface area contributed by atoms with Gasteiger partial charge in [-0.1, -0.05) is 17.3 Å². The molecule has 2 N–H and O–H groups in total. The molecule has 2 rings (SSSR count). The van der Waals surface area contributed by atoms with E-state index in [1.807, 2.05) is 6.07 Å². The summed E-state index contributed by atoms with van der Waals surface area (Å²) >= 11 is 1.06. The molecule has 29 heavy (non-hydrogen) atoms. The number of rotatable bonds is 8. The van der Waals surface area contributed by atoms with Crippen molar-refractivity contribution >= 4 is 41.1 Å². The molecule has 0 radical (unpaired) electrons. The van der Waals surface area contributed by atoms with Crippen LogP contribution >= 0.6 is 11.8 Å². The van der Waals surface area contributed by atoms with Crippen LogP contribution in [-0.2, 0) is 19.1 Å². The van der Waals surface area contributed by atoms with Crippen LogP contribution < -0.4 is 10.6 Å². The smallest absolute Gasteiger partial charge is 0.316 e. The highest BCUT2D eigenvalue weighted by Gasteiger charge is 2.21. The summed E-state index contributed by atoms with van der Waals surface area (Å²) in [6.45, 7) is 4.76. The third kappa shape index (κ3) is 6.65. The molecule has 2 atom stereocenters. The zero-order valence-corrected chi connectivity index (χ0v) is 16.9. The number of nitriles is 1. The molecule has 2 amide bonds. The number of aryl methyl sites for hydroxylation is 1. The van der Waals surface area contributed by atoms with Gasteiger partial charge in [-0.25, -0.2) is 0 Å². The van der Waals surface area contributed by atoms with Crippen LogP contribution in [0.25, 0.3) is 0 Å². The average molecular weight is 416 g/mol. The van der Waals surface area contributed by atoms with E-state index in [4.69, 9.17) is 14.5 Å². The summed E-state index contributed by atoms with van der Waals surface area (Å²) in [4.78, 5) is 36.2. The number of aromatic nitrogens is 1. The van der Waals surface area contributed by atoms with Crippen molar-refractivity contribution in [1.29, 1.82) is 5.26 Å². The quantitative estimate of drug-likeness (QED) is 0.627. The number of thioether (sulfide) groups is 1. The lowest BCUT2D eigenvalue weighted by molar-refractivity contribution is -0.150. The molecular formula is C19H20N4O5S. The second-order valence-electron chi connectivity index (χ2n) is 6.04. The SMILES string of the molecule is Cc1cc(NC(=O)[C@@H](C)SCC(=O)O[C@@H](C)C(=O)Nc2ccccc2C#N)no1. The summed E-state index contributed by atoms with van der Waals surface area (Å²) in [6, 6.07) is 10.0. The monoisotopic (exact) mass is 416 g/mol. The van der Waals surface area contributed by atoms with Crippen molar-refractivity contribution in [3.63, 3.8) is 0 Å². The molecule has 0 aliphatic carbocycles. The predicted molar refractivity (Wildman–Crippen MR) is 107 cm³/mol. The first-order valence-electron chi connectivity index (χ1n) is 8.65.